The van der Waals surface area contributed by atoms with Crippen LogP contribution in [0.5, 0.6) is 0 Å². The van der Waals surface area contributed by atoms with Crippen LogP contribution in [0, 0.1) is 30.1 Å². The highest BCUT2D eigenvalue weighted by molar-refractivity contribution is 7.15. The van der Waals surface area contributed by atoms with Crippen LogP contribution >= 0.6 is 11.3 Å². The number of ether oxygens (including phenoxy) is 1. The maximum atomic E-state index is 12.5. The molecule has 0 aromatic carbocycles. The van der Waals surface area contributed by atoms with E-state index in [0.717, 1.165) is 23.4 Å². The van der Waals surface area contributed by atoms with Crippen LogP contribution in [-0.2, 0) is 16.1 Å². The minimum Gasteiger partial charge on any atom is -0.459 e. The normalized spacial score (nSPS) is 32.3. The number of hydrogen-bond acceptors (Lipinski definition) is 5. The van der Waals surface area contributed by atoms with Gasteiger partial charge in [-0.3, -0.25) is 14.0 Å². The van der Waals surface area contributed by atoms with Crippen LogP contribution in [0.25, 0.3) is 4.96 Å². The van der Waals surface area contributed by atoms with Crippen molar-refractivity contribution in [2.45, 2.75) is 58.5 Å². The van der Waals surface area contributed by atoms with Crippen molar-refractivity contribution in [3.8, 4) is 0 Å². The molecule has 0 aliphatic heterocycles. The fourth-order valence-electron chi connectivity index (χ4n) is 6.19. The average Bonchev–Trinajstić information content (AvgIpc) is 2.93. The van der Waals surface area contributed by atoms with Gasteiger partial charge in [0, 0.05) is 17.1 Å². The highest BCUT2D eigenvalue weighted by atomic mass is 32.1. The summed E-state index contributed by atoms with van der Waals surface area (Å²) in [6, 6.07) is 1.48. The van der Waals surface area contributed by atoms with E-state index in [1.54, 1.807) is 4.40 Å². The van der Waals surface area contributed by atoms with Gasteiger partial charge in [-0.2, -0.15) is 0 Å². The van der Waals surface area contributed by atoms with Gasteiger partial charge >= 0.3 is 5.97 Å². The van der Waals surface area contributed by atoms with Crippen molar-refractivity contribution in [3.05, 3.63) is 33.2 Å². The number of carbonyl (C=O) groups excluding carboxylic acids is 1. The van der Waals surface area contributed by atoms with Crippen LogP contribution in [0.2, 0.25) is 0 Å². The molecule has 0 N–H and O–H groups in total. The number of nitrogens with zero attached hydrogens (tertiary/aromatic N) is 2. The zero-order valence-electron chi connectivity index (χ0n) is 15.1. The molecule has 0 unspecified atom stereocenters. The van der Waals surface area contributed by atoms with Crippen LogP contribution in [0.4, 0.5) is 0 Å². The van der Waals surface area contributed by atoms with E-state index in [9.17, 15) is 9.59 Å². The molecule has 26 heavy (non-hydrogen) atoms. The first-order valence-electron chi connectivity index (χ1n) is 9.62. The van der Waals surface area contributed by atoms with Crippen molar-refractivity contribution >= 4 is 22.3 Å². The minimum absolute atomic E-state index is 0.0912. The monoisotopic (exact) mass is 372 g/mol. The largest absolute Gasteiger partial charge is 0.459 e. The third-order valence-corrected chi connectivity index (χ3v) is 7.64. The Morgan fingerprint density at radius 3 is 2.58 bits per heavy atom. The quantitative estimate of drug-likeness (QED) is 0.768. The molecule has 6 heteroatoms. The Balaban J connectivity index is 1.26. The molecule has 0 amide bonds. The topological polar surface area (TPSA) is 60.7 Å². The van der Waals surface area contributed by atoms with Gasteiger partial charge in [-0.15, -0.1) is 11.3 Å². The average molecular weight is 372 g/mol. The highest BCUT2D eigenvalue weighted by Crippen LogP contribution is 2.61. The maximum Gasteiger partial charge on any atom is 0.306 e. The summed E-state index contributed by atoms with van der Waals surface area (Å²) in [6.07, 6.45) is 8.28. The van der Waals surface area contributed by atoms with Gasteiger partial charge in [0.15, 0.2) is 4.96 Å². The smallest absolute Gasteiger partial charge is 0.306 e. The zero-order valence-corrected chi connectivity index (χ0v) is 15.9. The van der Waals surface area contributed by atoms with E-state index in [1.807, 2.05) is 12.3 Å². The van der Waals surface area contributed by atoms with Gasteiger partial charge in [-0.05, 0) is 68.6 Å². The molecule has 4 saturated carbocycles. The van der Waals surface area contributed by atoms with Crippen LogP contribution in [0.3, 0.4) is 0 Å². The Labute approximate surface area is 156 Å². The number of rotatable bonds is 4. The van der Waals surface area contributed by atoms with Gasteiger partial charge in [0.25, 0.3) is 5.56 Å². The van der Waals surface area contributed by atoms with Gasteiger partial charge in [0.05, 0.1) is 12.1 Å². The lowest BCUT2D eigenvalue weighted by atomic mass is 9.49. The van der Waals surface area contributed by atoms with E-state index >= 15 is 0 Å². The summed E-state index contributed by atoms with van der Waals surface area (Å²) in [7, 11) is 0. The van der Waals surface area contributed by atoms with Crippen molar-refractivity contribution in [3.63, 3.8) is 0 Å². The lowest BCUT2D eigenvalue weighted by Crippen LogP contribution is -2.47. The van der Waals surface area contributed by atoms with Crippen molar-refractivity contribution in [2.75, 3.05) is 0 Å². The second-order valence-electron chi connectivity index (χ2n) is 8.84. The molecule has 4 aliphatic carbocycles. The van der Waals surface area contributed by atoms with Crippen molar-refractivity contribution in [1.82, 2.24) is 9.38 Å². The first-order valence-corrected chi connectivity index (χ1v) is 10.5. The molecule has 5 nitrogen and oxygen atoms in total. The Morgan fingerprint density at radius 1 is 1.27 bits per heavy atom. The highest BCUT2D eigenvalue weighted by Gasteiger charge is 2.51. The summed E-state index contributed by atoms with van der Waals surface area (Å²) in [5, 5.41) is 1.91. The van der Waals surface area contributed by atoms with E-state index in [0.29, 0.717) is 17.1 Å². The SMILES string of the molecule is Cc1csc2nc(COC(=O)CC34CC5CC(CC(C5)C3)C4)cc(=O)n12. The van der Waals surface area contributed by atoms with E-state index < -0.39 is 0 Å². The molecule has 0 radical (unpaired) electrons. The molecule has 0 atom stereocenters. The van der Waals surface area contributed by atoms with Crippen molar-refractivity contribution < 1.29 is 9.53 Å². The predicted octanol–water partition coefficient (Wildman–Crippen LogP) is 3.71. The number of fused-ring (bicyclic) bond motifs is 1. The first kappa shape index (κ1) is 16.5. The molecule has 2 aromatic heterocycles. The molecular weight excluding hydrogens is 348 g/mol. The summed E-state index contributed by atoms with van der Waals surface area (Å²) in [6.45, 7) is 1.98. The molecule has 6 rings (SSSR count). The Hall–Kier alpha value is -1.69. The summed E-state index contributed by atoms with van der Waals surface area (Å²) in [5.74, 6) is 2.37. The van der Waals surface area contributed by atoms with Crippen LogP contribution in [-0.4, -0.2) is 15.4 Å². The Morgan fingerprint density at radius 2 is 1.92 bits per heavy atom. The standard InChI is InChI=1S/C20H24N2O3S/c1-12-11-26-19-21-16(5-17(23)22(12)19)10-25-18(24)9-20-6-13-2-14(7-20)4-15(3-13)8-20/h5,11,13-15H,2-4,6-10H2,1H3. The number of hydrogen-bond donors (Lipinski definition) is 0. The second-order valence-corrected chi connectivity index (χ2v) is 9.67. The van der Waals surface area contributed by atoms with Gasteiger partial charge in [0.2, 0.25) is 0 Å². The molecule has 4 bridgehead atoms. The lowest BCUT2D eigenvalue weighted by molar-refractivity contribution is -0.153. The first-order chi connectivity index (χ1) is 12.5. The molecule has 4 fully saturated rings. The fourth-order valence-corrected chi connectivity index (χ4v) is 7.08. The Kier molecular flexibility index (Phi) is 3.75. The molecular formula is C20H24N2O3S. The van der Waals surface area contributed by atoms with E-state index in [4.69, 9.17) is 4.74 Å². The van der Waals surface area contributed by atoms with Gasteiger partial charge < -0.3 is 4.74 Å². The molecule has 2 aromatic rings. The zero-order chi connectivity index (χ0) is 17.9. The van der Waals surface area contributed by atoms with E-state index in [-0.39, 0.29) is 23.6 Å². The minimum atomic E-state index is -0.128. The van der Waals surface area contributed by atoms with Crippen molar-refractivity contribution in [2.24, 2.45) is 23.2 Å². The number of thiazole rings is 1. The fraction of sp³-hybridized carbons (Fsp3) is 0.650. The molecule has 138 valence electrons. The second kappa shape index (κ2) is 5.91. The van der Waals surface area contributed by atoms with Gasteiger partial charge in [-0.25, -0.2) is 4.98 Å². The van der Waals surface area contributed by atoms with Crippen LogP contribution in [0.1, 0.15) is 56.3 Å². The lowest BCUT2D eigenvalue weighted by Gasteiger charge is -2.56. The molecule has 2 heterocycles. The maximum absolute atomic E-state index is 12.5. The summed E-state index contributed by atoms with van der Waals surface area (Å²) in [5.41, 5.74) is 1.50. The summed E-state index contributed by atoms with van der Waals surface area (Å²) in [4.78, 5) is 29.9. The Bertz CT molecular complexity index is 893. The molecule has 4 aliphatic rings. The van der Waals surface area contributed by atoms with Gasteiger partial charge in [-0.1, -0.05) is 0 Å². The number of aryl methyl sites for hydroxylation is 1. The van der Waals surface area contributed by atoms with Crippen LogP contribution < -0.4 is 5.56 Å². The van der Waals surface area contributed by atoms with E-state index in [1.165, 1.54) is 55.9 Å². The predicted molar refractivity (Wildman–Crippen MR) is 99.1 cm³/mol. The van der Waals surface area contributed by atoms with E-state index in [2.05, 4.69) is 4.98 Å². The molecule has 0 saturated heterocycles. The molecule has 0 spiro atoms. The summed E-state index contributed by atoms with van der Waals surface area (Å²) >= 11 is 1.43. The summed E-state index contributed by atoms with van der Waals surface area (Å²) < 4.78 is 7.12. The third kappa shape index (κ3) is 2.79. The van der Waals surface area contributed by atoms with Crippen molar-refractivity contribution in [1.29, 1.82) is 0 Å². The third-order valence-electron chi connectivity index (χ3n) is 6.69. The number of aromatic nitrogens is 2. The number of carbonyl (C=O) groups is 1. The number of esters is 1. The van der Waals surface area contributed by atoms with Crippen LogP contribution in [0.15, 0.2) is 16.2 Å². The van der Waals surface area contributed by atoms with Gasteiger partial charge in [0.1, 0.15) is 6.61 Å².